The van der Waals surface area contributed by atoms with Gasteiger partial charge in [-0.3, -0.25) is 4.79 Å². The Morgan fingerprint density at radius 3 is 2.44 bits per heavy atom. The Labute approximate surface area is 105 Å². The van der Waals surface area contributed by atoms with Crippen LogP contribution in [0.2, 0.25) is 0 Å². The fourth-order valence-corrected chi connectivity index (χ4v) is 1.77. The van der Waals surface area contributed by atoms with E-state index >= 15 is 0 Å². The summed E-state index contributed by atoms with van der Waals surface area (Å²) in [5.41, 5.74) is 1.34. The van der Waals surface area contributed by atoms with Gasteiger partial charge >= 0.3 is 0 Å². The zero-order valence-corrected chi connectivity index (χ0v) is 9.88. The van der Waals surface area contributed by atoms with E-state index in [1.54, 1.807) is 42.5 Å². The Bertz CT molecular complexity index is 612. The Hall–Kier alpha value is -2.60. The normalized spacial score (nSPS) is 9.56. The third-order valence-electron chi connectivity index (χ3n) is 2.62. The van der Waals surface area contributed by atoms with Crippen LogP contribution in [0.25, 0.3) is 0 Å². The maximum atomic E-state index is 12.3. The molecule has 0 fully saturated rings. The van der Waals surface area contributed by atoms with Crippen LogP contribution in [0, 0.1) is 11.3 Å². The molecule has 3 heteroatoms. The monoisotopic (exact) mass is 237 g/mol. The Morgan fingerprint density at radius 1 is 1.11 bits per heavy atom. The SMILES string of the molecule is COc1c(C#N)cccc1C(=O)c1ccccc1. The zero-order chi connectivity index (χ0) is 13.0. The molecule has 0 bridgehead atoms. The minimum Gasteiger partial charge on any atom is -0.495 e. The van der Waals surface area contributed by atoms with Crippen LogP contribution in [0.3, 0.4) is 0 Å². The number of rotatable bonds is 3. The second kappa shape index (κ2) is 5.15. The fraction of sp³-hybridized carbons (Fsp3) is 0.0667. The van der Waals surface area contributed by atoms with Crippen LogP contribution in [0.1, 0.15) is 21.5 Å². The number of methoxy groups -OCH3 is 1. The summed E-state index contributed by atoms with van der Waals surface area (Å²) in [5, 5.41) is 8.99. The van der Waals surface area contributed by atoms with Gasteiger partial charge in [0.05, 0.1) is 18.2 Å². The van der Waals surface area contributed by atoms with E-state index in [4.69, 9.17) is 10.00 Å². The predicted molar refractivity (Wildman–Crippen MR) is 67.6 cm³/mol. The fourth-order valence-electron chi connectivity index (χ4n) is 1.77. The first kappa shape index (κ1) is 11.9. The summed E-state index contributed by atoms with van der Waals surface area (Å²) in [6, 6.07) is 15.9. The molecule has 0 unspecified atom stereocenters. The number of carbonyl (C=O) groups excluding carboxylic acids is 1. The zero-order valence-electron chi connectivity index (χ0n) is 9.88. The second-order valence-electron chi connectivity index (χ2n) is 3.69. The van der Waals surface area contributed by atoms with Crippen LogP contribution in [-0.4, -0.2) is 12.9 Å². The minimum atomic E-state index is -0.149. The molecule has 0 aliphatic rings. The van der Waals surface area contributed by atoms with Crippen molar-refractivity contribution < 1.29 is 9.53 Å². The molecule has 0 atom stereocenters. The average molecular weight is 237 g/mol. The molecule has 2 aromatic rings. The number of para-hydroxylation sites is 1. The van der Waals surface area contributed by atoms with Crippen molar-refractivity contribution in [2.24, 2.45) is 0 Å². The summed E-state index contributed by atoms with van der Waals surface area (Å²) < 4.78 is 5.17. The van der Waals surface area contributed by atoms with Gasteiger partial charge in [-0.1, -0.05) is 36.4 Å². The van der Waals surface area contributed by atoms with Crippen molar-refractivity contribution in [3.63, 3.8) is 0 Å². The summed E-state index contributed by atoms with van der Waals surface area (Å²) in [4.78, 5) is 12.3. The van der Waals surface area contributed by atoms with Crippen LogP contribution in [0.5, 0.6) is 5.75 Å². The van der Waals surface area contributed by atoms with Gasteiger partial charge in [-0.15, -0.1) is 0 Å². The van der Waals surface area contributed by atoms with E-state index in [0.29, 0.717) is 22.4 Å². The van der Waals surface area contributed by atoms with Crippen LogP contribution in [-0.2, 0) is 0 Å². The summed E-state index contributed by atoms with van der Waals surface area (Å²) in [6.45, 7) is 0. The van der Waals surface area contributed by atoms with Gasteiger partial charge in [0.1, 0.15) is 11.8 Å². The molecule has 0 spiro atoms. The summed E-state index contributed by atoms with van der Waals surface area (Å²) >= 11 is 0. The molecule has 0 aliphatic heterocycles. The van der Waals surface area contributed by atoms with Crippen LogP contribution in [0.4, 0.5) is 0 Å². The standard InChI is InChI=1S/C15H11NO2/c1-18-15-12(10-16)8-5-9-13(15)14(17)11-6-3-2-4-7-11/h2-9H,1H3. The van der Waals surface area contributed by atoms with E-state index < -0.39 is 0 Å². The van der Waals surface area contributed by atoms with Crippen molar-refractivity contribution in [3.05, 3.63) is 65.2 Å². The third kappa shape index (κ3) is 2.09. The highest BCUT2D eigenvalue weighted by molar-refractivity contribution is 6.11. The Kier molecular flexibility index (Phi) is 3.40. The van der Waals surface area contributed by atoms with E-state index in [-0.39, 0.29) is 5.78 Å². The first-order valence-corrected chi connectivity index (χ1v) is 5.44. The van der Waals surface area contributed by atoms with Crippen molar-refractivity contribution in [1.29, 1.82) is 5.26 Å². The van der Waals surface area contributed by atoms with Crippen molar-refractivity contribution in [1.82, 2.24) is 0 Å². The van der Waals surface area contributed by atoms with Crippen molar-refractivity contribution >= 4 is 5.78 Å². The van der Waals surface area contributed by atoms with E-state index in [1.165, 1.54) is 7.11 Å². The Balaban J connectivity index is 2.53. The number of ketones is 1. The molecule has 0 amide bonds. The second-order valence-corrected chi connectivity index (χ2v) is 3.69. The van der Waals surface area contributed by atoms with E-state index in [0.717, 1.165) is 0 Å². The lowest BCUT2D eigenvalue weighted by Gasteiger charge is -2.08. The summed E-state index contributed by atoms with van der Waals surface area (Å²) in [5.74, 6) is 0.179. The Morgan fingerprint density at radius 2 is 1.83 bits per heavy atom. The highest BCUT2D eigenvalue weighted by Crippen LogP contribution is 2.25. The molecular formula is C15H11NO2. The molecule has 2 rings (SSSR count). The van der Waals surface area contributed by atoms with E-state index in [1.807, 2.05) is 12.1 Å². The maximum Gasteiger partial charge on any atom is 0.196 e. The minimum absolute atomic E-state index is 0.149. The lowest BCUT2D eigenvalue weighted by atomic mass is 10.0. The van der Waals surface area contributed by atoms with Gasteiger partial charge in [0.2, 0.25) is 0 Å². The number of nitriles is 1. The predicted octanol–water partition coefficient (Wildman–Crippen LogP) is 2.80. The molecule has 3 nitrogen and oxygen atoms in total. The van der Waals surface area contributed by atoms with Crippen molar-refractivity contribution in [3.8, 4) is 11.8 Å². The van der Waals surface area contributed by atoms with Gasteiger partial charge in [0.15, 0.2) is 5.78 Å². The molecule has 0 radical (unpaired) electrons. The van der Waals surface area contributed by atoms with Gasteiger partial charge in [-0.05, 0) is 12.1 Å². The number of benzene rings is 2. The maximum absolute atomic E-state index is 12.3. The highest BCUT2D eigenvalue weighted by atomic mass is 16.5. The smallest absolute Gasteiger partial charge is 0.196 e. The lowest BCUT2D eigenvalue weighted by molar-refractivity contribution is 0.103. The van der Waals surface area contributed by atoms with Gasteiger partial charge in [-0.25, -0.2) is 0 Å². The molecule has 0 saturated carbocycles. The van der Waals surface area contributed by atoms with Crippen molar-refractivity contribution in [2.75, 3.05) is 7.11 Å². The van der Waals surface area contributed by atoms with Gasteiger partial charge in [0.25, 0.3) is 0 Å². The summed E-state index contributed by atoms with van der Waals surface area (Å²) in [6.07, 6.45) is 0. The summed E-state index contributed by atoms with van der Waals surface area (Å²) in [7, 11) is 1.46. The largest absolute Gasteiger partial charge is 0.495 e. The van der Waals surface area contributed by atoms with Crippen LogP contribution < -0.4 is 4.74 Å². The van der Waals surface area contributed by atoms with Gasteiger partial charge in [-0.2, -0.15) is 5.26 Å². The van der Waals surface area contributed by atoms with Gasteiger partial charge < -0.3 is 4.74 Å². The van der Waals surface area contributed by atoms with Crippen molar-refractivity contribution in [2.45, 2.75) is 0 Å². The number of hydrogen-bond donors (Lipinski definition) is 0. The molecule has 0 aromatic heterocycles. The first-order valence-electron chi connectivity index (χ1n) is 5.44. The number of ether oxygens (including phenoxy) is 1. The molecule has 0 saturated heterocycles. The molecular weight excluding hydrogens is 226 g/mol. The molecule has 0 N–H and O–H groups in total. The lowest BCUT2D eigenvalue weighted by Crippen LogP contribution is -2.05. The molecule has 0 heterocycles. The average Bonchev–Trinajstić information content (AvgIpc) is 2.46. The van der Waals surface area contributed by atoms with E-state index in [2.05, 4.69) is 0 Å². The molecule has 2 aromatic carbocycles. The van der Waals surface area contributed by atoms with E-state index in [9.17, 15) is 4.79 Å². The quantitative estimate of drug-likeness (QED) is 0.771. The molecule has 18 heavy (non-hydrogen) atoms. The van der Waals surface area contributed by atoms with Gasteiger partial charge in [0, 0.05) is 5.56 Å². The topological polar surface area (TPSA) is 50.1 Å². The van der Waals surface area contributed by atoms with Crippen LogP contribution in [0.15, 0.2) is 48.5 Å². The highest BCUT2D eigenvalue weighted by Gasteiger charge is 2.16. The van der Waals surface area contributed by atoms with Crippen LogP contribution >= 0.6 is 0 Å². The molecule has 88 valence electrons. The molecule has 0 aliphatic carbocycles. The number of hydrogen-bond acceptors (Lipinski definition) is 3. The third-order valence-corrected chi connectivity index (χ3v) is 2.62. The number of carbonyl (C=O) groups is 1. The number of nitrogens with zero attached hydrogens (tertiary/aromatic N) is 1. The first-order chi connectivity index (χ1) is 8.77.